The lowest BCUT2D eigenvalue weighted by Gasteiger charge is -2.03. The lowest BCUT2D eigenvalue weighted by molar-refractivity contribution is 1.05. The van der Waals surface area contributed by atoms with Crippen molar-refractivity contribution in [1.82, 2.24) is 9.97 Å². The molecule has 17 heavy (non-hydrogen) atoms. The predicted molar refractivity (Wildman–Crippen MR) is 69.1 cm³/mol. The number of nitrogen functional groups attached to an aromatic ring is 1. The van der Waals surface area contributed by atoms with Crippen molar-refractivity contribution < 1.29 is 0 Å². The number of benzene rings is 1. The van der Waals surface area contributed by atoms with Gasteiger partial charge in [0.1, 0.15) is 10.9 Å². The van der Waals surface area contributed by atoms with Gasteiger partial charge in [-0.3, -0.25) is 10.4 Å². The summed E-state index contributed by atoms with van der Waals surface area (Å²) < 4.78 is 0. The average Bonchev–Trinajstić information content (AvgIpc) is 2.38. The Morgan fingerprint density at radius 3 is 2.94 bits per heavy atom. The summed E-state index contributed by atoms with van der Waals surface area (Å²) in [4.78, 5) is 8.19. The molecule has 5 heteroatoms. The molecule has 1 heterocycles. The molecule has 0 unspecified atom stereocenters. The molecule has 0 saturated carbocycles. The monoisotopic (exact) mass is 244 g/mol. The number of nitrogens with one attached hydrogen (secondary N) is 1. The fourth-order valence-corrected chi connectivity index (χ4v) is 2.11. The minimum Gasteiger partial charge on any atom is -0.384 e. The molecule has 0 atom stereocenters. The summed E-state index contributed by atoms with van der Waals surface area (Å²) in [5.74, 6) is 0.885. The molecule has 3 N–H and O–H groups in total. The number of thioether (sulfide) groups is 1. The van der Waals surface area contributed by atoms with Crippen LogP contribution in [0.1, 0.15) is 11.1 Å². The van der Waals surface area contributed by atoms with Crippen molar-refractivity contribution in [1.29, 1.82) is 5.41 Å². The van der Waals surface area contributed by atoms with Gasteiger partial charge < -0.3 is 5.73 Å². The molecule has 0 bridgehead atoms. The van der Waals surface area contributed by atoms with Crippen molar-refractivity contribution >= 4 is 17.6 Å². The second kappa shape index (κ2) is 5.45. The molecule has 0 aliphatic heterocycles. The molecule has 0 spiro atoms. The Hall–Kier alpha value is -1.88. The second-order valence-corrected chi connectivity index (χ2v) is 4.44. The van der Waals surface area contributed by atoms with Crippen LogP contribution in [-0.4, -0.2) is 15.8 Å². The maximum absolute atomic E-state index is 7.38. The molecular formula is C12H12N4S. The molecule has 0 saturated heterocycles. The molecule has 0 amide bonds. The molecule has 0 aliphatic carbocycles. The molecule has 0 fully saturated rings. The standard InChI is InChI=1S/C12H12N4S/c13-12(14)10-3-1-2-9(6-10)8-17-11-7-15-4-5-16-11/h1-7H,8H2,(H3,13,14). The Balaban J connectivity index is 2.04. The van der Waals surface area contributed by atoms with Crippen LogP contribution in [0.15, 0.2) is 47.9 Å². The van der Waals surface area contributed by atoms with Crippen LogP contribution in [0.5, 0.6) is 0 Å². The number of hydrogen-bond acceptors (Lipinski definition) is 4. The predicted octanol–water partition coefficient (Wildman–Crippen LogP) is 2.05. The number of hydrogen-bond donors (Lipinski definition) is 2. The van der Waals surface area contributed by atoms with Gasteiger partial charge in [-0.1, -0.05) is 18.2 Å². The van der Waals surface area contributed by atoms with Crippen LogP contribution in [0.4, 0.5) is 0 Å². The van der Waals surface area contributed by atoms with E-state index in [0.717, 1.165) is 21.9 Å². The van der Waals surface area contributed by atoms with Gasteiger partial charge >= 0.3 is 0 Å². The zero-order valence-corrected chi connectivity index (χ0v) is 9.95. The smallest absolute Gasteiger partial charge is 0.122 e. The molecule has 4 nitrogen and oxygen atoms in total. The van der Waals surface area contributed by atoms with Crippen LogP contribution in [-0.2, 0) is 5.75 Å². The van der Waals surface area contributed by atoms with E-state index in [4.69, 9.17) is 11.1 Å². The average molecular weight is 244 g/mol. The van der Waals surface area contributed by atoms with E-state index in [2.05, 4.69) is 9.97 Å². The van der Waals surface area contributed by atoms with Crippen molar-refractivity contribution in [3.05, 3.63) is 54.0 Å². The Morgan fingerprint density at radius 2 is 2.24 bits per heavy atom. The van der Waals surface area contributed by atoms with Gasteiger partial charge in [-0.25, -0.2) is 4.98 Å². The van der Waals surface area contributed by atoms with Crippen molar-refractivity contribution in [2.75, 3.05) is 0 Å². The number of rotatable bonds is 4. The van der Waals surface area contributed by atoms with Crippen molar-refractivity contribution in [3.63, 3.8) is 0 Å². The zero-order valence-electron chi connectivity index (χ0n) is 9.13. The van der Waals surface area contributed by atoms with Gasteiger partial charge in [0.05, 0.1) is 6.20 Å². The van der Waals surface area contributed by atoms with E-state index in [0.29, 0.717) is 0 Å². The van der Waals surface area contributed by atoms with Crippen LogP contribution in [0.25, 0.3) is 0 Å². The Bertz CT molecular complexity index is 513. The second-order valence-electron chi connectivity index (χ2n) is 3.45. The van der Waals surface area contributed by atoms with Crippen LogP contribution in [0, 0.1) is 5.41 Å². The molecule has 2 aromatic rings. The first-order valence-corrected chi connectivity index (χ1v) is 6.06. The van der Waals surface area contributed by atoms with Crippen molar-refractivity contribution in [3.8, 4) is 0 Å². The largest absolute Gasteiger partial charge is 0.384 e. The molecule has 86 valence electrons. The fourth-order valence-electron chi connectivity index (χ4n) is 1.35. The summed E-state index contributed by atoms with van der Waals surface area (Å²) in [5.41, 5.74) is 7.31. The van der Waals surface area contributed by atoms with E-state index in [1.165, 1.54) is 0 Å². The van der Waals surface area contributed by atoms with Gasteiger partial charge in [0.25, 0.3) is 0 Å². The first-order valence-electron chi connectivity index (χ1n) is 5.08. The number of amidine groups is 1. The lowest BCUT2D eigenvalue weighted by Crippen LogP contribution is -2.10. The highest BCUT2D eigenvalue weighted by atomic mass is 32.2. The normalized spacial score (nSPS) is 10.1. The fraction of sp³-hybridized carbons (Fsp3) is 0.0833. The van der Waals surface area contributed by atoms with Gasteiger partial charge in [0.2, 0.25) is 0 Å². The van der Waals surface area contributed by atoms with Crippen LogP contribution < -0.4 is 5.73 Å². The zero-order chi connectivity index (χ0) is 12.1. The van der Waals surface area contributed by atoms with Gasteiger partial charge in [-0.05, 0) is 11.6 Å². The Labute approximate surface area is 104 Å². The van der Waals surface area contributed by atoms with E-state index >= 15 is 0 Å². The molecule has 1 aromatic carbocycles. The summed E-state index contributed by atoms with van der Waals surface area (Å²) in [6, 6.07) is 7.67. The third-order valence-corrected chi connectivity index (χ3v) is 3.15. The van der Waals surface area contributed by atoms with Crippen LogP contribution in [0.3, 0.4) is 0 Å². The minimum atomic E-state index is 0.0938. The van der Waals surface area contributed by atoms with E-state index < -0.39 is 0 Å². The topological polar surface area (TPSA) is 75.7 Å². The van der Waals surface area contributed by atoms with E-state index in [1.807, 2.05) is 24.3 Å². The number of aromatic nitrogens is 2. The number of nitrogens with two attached hydrogens (primary N) is 1. The third kappa shape index (κ3) is 3.29. The highest BCUT2D eigenvalue weighted by Crippen LogP contribution is 2.19. The third-order valence-electron chi connectivity index (χ3n) is 2.16. The van der Waals surface area contributed by atoms with E-state index in [9.17, 15) is 0 Å². The van der Waals surface area contributed by atoms with Gasteiger partial charge in [-0.2, -0.15) is 0 Å². The lowest BCUT2D eigenvalue weighted by atomic mass is 10.1. The summed E-state index contributed by atoms with van der Waals surface area (Å²) in [5, 5.41) is 8.27. The van der Waals surface area contributed by atoms with E-state index in [1.54, 1.807) is 30.4 Å². The van der Waals surface area contributed by atoms with Crippen molar-refractivity contribution in [2.45, 2.75) is 10.8 Å². The quantitative estimate of drug-likeness (QED) is 0.490. The minimum absolute atomic E-state index is 0.0938. The van der Waals surface area contributed by atoms with Gasteiger partial charge in [0.15, 0.2) is 0 Å². The van der Waals surface area contributed by atoms with Crippen LogP contribution in [0.2, 0.25) is 0 Å². The first-order chi connectivity index (χ1) is 8.25. The molecular weight excluding hydrogens is 232 g/mol. The SMILES string of the molecule is N=C(N)c1cccc(CSc2cnccn2)c1. The highest BCUT2D eigenvalue weighted by molar-refractivity contribution is 7.98. The van der Waals surface area contributed by atoms with Crippen LogP contribution >= 0.6 is 11.8 Å². The number of nitrogens with zero attached hydrogens (tertiary/aromatic N) is 2. The Kier molecular flexibility index (Phi) is 3.72. The Morgan fingerprint density at radius 1 is 1.35 bits per heavy atom. The highest BCUT2D eigenvalue weighted by Gasteiger charge is 2.00. The molecule has 1 aromatic heterocycles. The molecule has 0 radical (unpaired) electrons. The van der Waals surface area contributed by atoms with Gasteiger partial charge in [0, 0.05) is 23.7 Å². The summed E-state index contributed by atoms with van der Waals surface area (Å²) in [7, 11) is 0. The summed E-state index contributed by atoms with van der Waals surface area (Å²) in [6.45, 7) is 0. The van der Waals surface area contributed by atoms with Crippen molar-refractivity contribution in [2.24, 2.45) is 5.73 Å². The van der Waals surface area contributed by atoms with Gasteiger partial charge in [-0.15, -0.1) is 11.8 Å². The summed E-state index contributed by atoms with van der Waals surface area (Å²) in [6.07, 6.45) is 5.06. The van der Waals surface area contributed by atoms with E-state index in [-0.39, 0.29) is 5.84 Å². The maximum Gasteiger partial charge on any atom is 0.122 e. The molecule has 2 rings (SSSR count). The molecule has 0 aliphatic rings. The first kappa shape index (κ1) is 11.6. The maximum atomic E-state index is 7.38. The summed E-state index contributed by atoms with van der Waals surface area (Å²) >= 11 is 1.61.